The zero-order chi connectivity index (χ0) is 13.7. The van der Waals surface area contributed by atoms with Crippen molar-refractivity contribution in [3.63, 3.8) is 0 Å². The monoisotopic (exact) mass is 259 g/mol. The van der Waals surface area contributed by atoms with Gasteiger partial charge in [0.1, 0.15) is 0 Å². The van der Waals surface area contributed by atoms with E-state index in [4.69, 9.17) is 4.74 Å². The third-order valence-electron chi connectivity index (χ3n) is 2.86. The summed E-state index contributed by atoms with van der Waals surface area (Å²) in [6.07, 6.45) is 2.20. The first kappa shape index (κ1) is 13.6. The maximum Gasteiger partial charge on any atom is 0.207 e. The molecule has 1 aromatic carbocycles. The maximum atomic E-state index is 5.52. The van der Waals surface area contributed by atoms with E-state index < -0.39 is 0 Å². The molecule has 2 rings (SSSR count). The Kier molecular flexibility index (Phi) is 4.58. The van der Waals surface area contributed by atoms with Crippen molar-refractivity contribution in [3.05, 3.63) is 42.2 Å². The van der Waals surface area contributed by atoms with Gasteiger partial charge in [-0.3, -0.25) is 4.57 Å². The zero-order valence-electron chi connectivity index (χ0n) is 11.8. The fourth-order valence-electron chi connectivity index (χ4n) is 1.99. The molecule has 1 aromatic heterocycles. The van der Waals surface area contributed by atoms with Crippen LogP contribution in [0.25, 0.3) is 5.69 Å². The largest absolute Gasteiger partial charge is 0.377 e. The molecule has 1 heterocycles. The zero-order valence-corrected chi connectivity index (χ0v) is 11.8. The number of ether oxygens (including phenoxy) is 1. The minimum absolute atomic E-state index is 0.172. The lowest BCUT2D eigenvalue weighted by molar-refractivity contribution is 0.0854. The van der Waals surface area contributed by atoms with Crippen molar-refractivity contribution in [1.82, 2.24) is 9.55 Å². The van der Waals surface area contributed by atoms with Gasteiger partial charge in [-0.15, -0.1) is 0 Å². The van der Waals surface area contributed by atoms with Gasteiger partial charge in [0.05, 0.1) is 11.8 Å². The summed E-state index contributed by atoms with van der Waals surface area (Å²) in [7, 11) is 0. The first-order valence-corrected chi connectivity index (χ1v) is 6.67. The average molecular weight is 259 g/mol. The van der Waals surface area contributed by atoms with E-state index in [0.717, 1.165) is 30.5 Å². The van der Waals surface area contributed by atoms with Crippen LogP contribution in [0.5, 0.6) is 0 Å². The number of benzene rings is 1. The molecule has 0 bridgehead atoms. The van der Waals surface area contributed by atoms with E-state index in [2.05, 4.69) is 33.9 Å². The fourth-order valence-corrected chi connectivity index (χ4v) is 1.99. The summed E-state index contributed by atoms with van der Waals surface area (Å²) in [5, 5.41) is 3.34. The standard InChI is InChI=1S/C15H21N3O/c1-4-19-13(3)10-16-15-17-12(2)11-18(15)14-8-6-5-7-9-14/h5-9,11,13H,4,10H2,1-3H3,(H,16,17). The van der Waals surface area contributed by atoms with Gasteiger partial charge < -0.3 is 10.1 Å². The van der Waals surface area contributed by atoms with Crippen LogP contribution in [0.1, 0.15) is 19.5 Å². The highest BCUT2D eigenvalue weighted by atomic mass is 16.5. The number of hydrogen-bond donors (Lipinski definition) is 1. The highest BCUT2D eigenvalue weighted by molar-refractivity contribution is 5.42. The highest BCUT2D eigenvalue weighted by Gasteiger charge is 2.08. The van der Waals surface area contributed by atoms with Gasteiger partial charge in [-0.2, -0.15) is 0 Å². The second-order valence-electron chi connectivity index (χ2n) is 4.56. The van der Waals surface area contributed by atoms with Gasteiger partial charge in [-0.05, 0) is 32.9 Å². The fraction of sp³-hybridized carbons (Fsp3) is 0.400. The van der Waals surface area contributed by atoms with Crippen molar-refractivity contribution in [2.75, 3.05) is 18.5 Å². The molecule has 0 aliphatic carbocycles. The molecule has 1 N–H and O–H groups in total. The van der Waals surface area contributed by atoms with Gasteiger partial charge in [-0.25, -0.2) is 4.98 Å². The first-order valence-electron chi connectivity index (χ1n) is 6.67. The molecule has 1 atom stereocenters. The van der Waals surface area contributed by atoms with Crippen molar-refractivity contribution in [2.24, 2.45) is 0 Å². The van der Waals surface area contributed by atoms with E-state index in [1.54, 1.807) is 0 Å². The molecule has 0 saturated carbocycles. The molecular formula is C15H21N3O. The van der Waals surface area contributed by atoms with Crippen LogP contribution in [0, 0.1) is 6.92 Å². The van der Waals surface area contributed by atoms with Gasteiger partial charge in [0.15, 0.2) is 0 Å². The lowest BCUT2D eigenvalue weighted by Crippen LogP contribution is -2.21. The molecular weight excluding hydrogens is 238 g/mol. The number of aromatic nitrogens is 2. The Labute approximate surface area is 114 Å². The number of imidazole rings is 1. The quantitative estimate of drug-likeness (QED) is 0.866. The van der Waals surface area contributed by atoms with Gasteiger partial charge in [0.25, 0.3) is 0 Å². The second-order valence-corrected chi connectivity index (χ2v) is 4.56. The molecule has 0 spiro atoms. The van der Waals surface area contributed by atoms with Crippen molar-refractivity contribution in [1.29, 1.82) is 0 Å². The predicted octanol–water partition coefficient (Wildman–Crippen LogP) is 3.02. The smallest absolute Gasteiger partial charge is 0.207 e. The second kappa shape index (κ2) is 6.38. The molecule has 19 heavy (non-hydrogen) atoms. The Balaban J connectivity index is 2.13. The Morgan fingerprint density at radius 2 is 2.05 bits per heavy atom. The predicted molar refractivity (Wildman–Crippen MR) is 77.9 cm³/mol. The van der Waals surface area contributed by atoms with Gasteiger partial charge >= 0.3 is 0 Å². The van der Waals surface area contributed by atoms with Crippen LogP contribution in [-0.4, -0.2) is 28.8 Å². The minimum atomic E-state index is 0.172. The molecule has 1 unspecified atom stereocenters. The van der Waals surface area contributed by atoms with Crippen LogP contribution in [0.4, 0.5) is 5.95 Å². The molecule has 0 aliphatic heterocycles. The number of nitrogens with zero attached hydrogens (tertiary/aromatic N) is 2. The van der Waals surface area contributed by atoms with Gasteiger partial charge in [0, 0.05) is 25.0 Å². The van der Waals surface area contributed by atoms with E-state index in [1.165, 1.54) is 0 Å². The first-order chi connectivity index (χ1) is 9.20. The summed E-state index contributed by atoms with van der Waals surface area (Å²) < 4.78 is 7.58. The summed E-state index contributed by atoms with van der Waals surface area (Å²) in [6.45, 7) is 7.54. The van der Waals surface area contributed by atoms with Crippen LogP contribution in [0.15, 0.2) is 36.5 Å². The van der Waals surface area contributed by atoms with Crippen LogP contribution < -0.4 is 5.32 Å². The summed E-state index contributed by atoms with van der Waals surface area (Å²) in [4.78, 5) is 4.52. The minimum Gasteiger partial charge on any atom is -0.377 e. The Morgan fingerprint density at radius 1 is 1.32 bits per heavy atom. The summed E-state index contributed by atoms with van der Waals surface area (Å²) >= 11 is 0. The number of para-hydroxylation sites is 1. The summed E-state index contributed by atoms with van der Waals surface area (Å²) in [5.41, 5.74) is 2.10. The summed E-state index contributed by atoms with van der Waals surface area (Å²) in [5.74, 6) is 0.857. The Hall–Kier alpha value is -1.81. The normalized spacial score (nSPS) is 12.4. The molecule has 0 aliphatic rings. The van der Waals surface area contributed by atoms with Crippen LogP contribution in [0.2, 0.25) is 0 Å². The summed E-state index contributed by atoms with van der Waals surface area (Å²) in [6, 6.07) is 10.2. The molecule has 0 fully saturated rings. The van der Waals surface area contributed by atoms with Gasteiger partial charge in [-0.1, -0.05) is 18.2 Å². The molecule has 0 saturated heterocycles. The molecule has 0 radical (unpaired) electrons. The third kappa shape index (κ3) is 3.58. The third-order valence-corrected chi connectivity index (χ3v) is 2.86. The van der Waals surface area contributed by atoms with Crippen molar-refractivity contribution >= 4 is 5.95 Å². The van der Waals surface area contributed by atoms with Gasteiger partial charge in [0.2, 0.25) is 5.95 Å². The number of hydrogen-bond acceptors (Lipinski definition) is 3. The Morgan fingerprint density at radius 3 is 2.74 bits per heavy atom. The molecule has 4 heteroatoms. The molecule has 4 nitrogen and oxygen atoms in total. The number of anilines is 1. The number of nitrogens with one attached hydrogen (secondary N) is 1. The lowest BCUT2D eigenvalue weighted by atomic mass is 10.3. The average Bonchev–Trinajstić information content (AvgIpc) is 2.79. The van der Waals surface area contributed by atoms with E-state index >= 15 is 0 Å². The molecule has 102 valence electrons. The lowest BCUT2D eigenvalue weighted by Gasteiger charge is -2.14. The molecule has 0 amide bonds. The number of aryl methyl sites for hydroxylation is 1. The Bertz CT molecular complexity index is 507. The number of rotatable bonds is 6. The van der Waals surface area contributed by atoms with Crippen molar-refractivity contribution < 1.29 is 4.74 Å². The van der Waals surface area contributed by atoms with E-state index in [1.807, 2.05) is 38.2 Å². The van der Waals surface area contributed by atoms with Crippen molar-refractivity contribution in [2.45, 2.75) is 26.9 Å². The SMILES string of the molecule is CCOC(C)CNc1nc(C)cn1-c1ccccc1. The van der Waals surface area contributed by atoms with Crippen molar-refractivity contribution in [3.8, 4) is 5.69 Å². The maximum absolute atomic E-state index is 5.52. The van der Waals surface area contributed by atoms with Crippen LogP contribution >= 0.6 is 0 Å². The van der Waals surface area contributed by atoms with E-state index in [-0.39, 0.29) is 6.10 Å². The molecule has 2 aromatic rings. The van der Waals surface area contributed by atoms with E-state index in [9.17, 15) is 0 Å². The van der Waals surface area contributed by atoms with E-state index in [0.29, 0.717) is 0 Å². The topological polar surface area (TPSA) is 39.1 Å². The highest BCUT2D eigenvalue weighted by Crippen LogP contribution is 2.16. The van der Waals surface area contributed by atoms with Crippen LogP contribution in [0.3, 0.4) is 0 Å². The van der Waals surface area contributed by atoms with Crippen LogP contribution in [-0.2, 0) is 4.74 Å².